The van der Waals surface area contributed by atoms with Gasteiger partial charge in [-0.3, -0.25) is 48.4 Å². The molecule has 1 heterocycles. The van der Waals surface area contributed by atoms with Crippen LogP contribution in [-0.4, -0.2) is 202 Å². The zero-order valence-corrected chi connectivity index (χ0v) is 28.4. The normalized spacial score (nSPS) is 15.9. The second-order valence-electron chi connectivity index (χ2n) is 11.5. The van der Waals surface area contributed by atoms with Crippen molar-refractivity contribution in [1.29, 1.82) is 0 Å². The molecule has 3 amide bonds. The van der Waals surface area contributed by atoms with Crippen LogP contribution in [0, 0.1) is 0 Å². The molecule has 0 radical (unpaired) electrons. The van der Waals surface area contributed by atoms with Gasteiger partial charge in [0.05, 0.1) is 52.6 Å². The molecule has 1 saturated heterocycles. The fourth-order valence-electron chi connectivity index (χ4n) is 4.71. The summed E-state index contributed by atoms with van der Waals surface area (Å²) in [5.74, 6) is -3.99. The van der Waals surface area contributed by atoms with Crippen LogP contribution >= 0.6 is 0 Å². The molecule has 0 spiro atoms. The predicted molar refractivity (Wildman–Crippen MR) is 175 cm³/mol. The largest absolute Gasteiger partial charge is 0.480 e. The number of hydrogen-bond donors (Lipinski definition) is 6. The van der Waals surface area contributed by atoms with Crippen LogP contribution in [0.3, 0.4) is 0 Å². The van der Waals surface area contributed by atoms with E-state index < -0.39 is 23.8 Å². The molecule has 1 fully saturated rings. The third kappa shape index (κ3) is 26.1. The zero-order valence-electron chi connectivity index (χ0n) is 28.4. The molecule has 7 N–H and O–H groups in total. The summed E-state index contributed by atoms with van der Waals surface area (Å²) < 4.78 is 16.4. The maximum atomic E-state index is 12.7. The quantitative estimate of drug-likeness (QED) is 0.0511. The number of primary amides is 1. The molecule has 0 aromatic rings. The summed E-state index contributed by atoms with van der Waals surface area (Å²) in [6.45, 7) is 5.26. The van der Waals surface area contributed by atoms with Gasteiger partial charge < -0.3 is 45.9 Å². The van der Waals surface area contributed by atoms with Crippen molar-refractivity contribution in [3.63, 3.8) is 0 Å². The number of carbonyl (C=O) groups excluding carboxylic acids is 3. The number of nitrogens with two attached hydrogens (primary N) is 1. The van der Waals surface area contributed by atoms with E-state index in [9.17, 15) is 44.1 Å². The van der Waals surface area contributed by atoms with E-state index in [1.165, 1.54) is 0 Å². The number of carboxylic acids is 3. The summed E-state index contributed by atoms with van der Waals surface area (Å²) in [6, 6.07) is 0. The van der Waals surface area contributed by atoms with E-state index in [0.29, 0.717) is 118 Å². The average Bonchev–Trinajstić information content (AvgIpc) is 3.02. The van der Waals surface area contributed by atoms with Crippen molar-refractivity contribution in [3.8, 4) is 0 Å². The van der Waals surface area contributed by atoms with Gasteiger partial charge >= 0.3 is 17.9 Å². The van der Waals surface area contributed by atoms with E-state index in [4.69, 9.17) is 19.9 Å². The first-order valence-corrected chi connectivity index (χ1v) is 16.5. The molecule has 0 saturated carbocycles. The van der Waals surface area contributed by atoms with Gasteiger partial charge in [-0.2, -0.15) is 0 Å². The third-order valence-electron chi connectivity index (χ3n) is 7.29. The topological polar surface area (TPSA) is 254 Å². The van der Waals surface area contributed by atoms with Crippen LogP contribution in [0.25, 0.3) is 0 Å². The average molecular weight is 706 g/mol. The standard InChI is InChI=1S/C30H55N7O12/c31-25(38)3-4-26(39)32-5-1-15-47-17-19-49-20-18-48-16-2-6-33-27(40)21-34-7-9-35(22-28(41)42)11-13-37(24-30(45)46)14-12-36(10-8-34)23-29(43)44/h1-24H2,(H2,31,38)(H,32,39)(H,33,40)(H,41,42)(H,43,44)(H,45,46). The SMILES string of the molecule is NC(=O)CCC(=O)NCCCOCCOCCOCCCNC(=O)CN1CCN(CC(=O)O)CCN(CC(=O)O)CCN(CC(=O)O)CC1. The molecule has 0 aromatic heterocycles. The number of ether oxygens (including phenoxy) is 3. The Labute approximate surface area is 286 Å². The third-order valence-corrected chi connectivity index (χ3v) is 7.29. The minimum Gasteiger partial charge on any atom is -0.480 e. The van der Waals surface area contributed by atoms with Gasteiger partial charge in [-0.05, 0) is 12.8 Å². The summed E-state index contributed by atoms with van der Waals surface area (Å²) in [4.78, 5) is 76.0. The van der Waals surface area contributed by atoms with Gasteiger partial charge in [0.25, 0.3) is 0 Å². The monoisotopic (exact) mass is 705 g/mol. The smallest absolute Gasteiger partial charge is 0.317 e. The van der Waals surface area contributed by atoms with E-state index in [0.717, 1.165) is 0 Å². The number of carbonyl (C=O) groups is 6. The van der Waals surface area contributed by atoms with Crippen molar-refractivity contribution in [2.45, 2.75) is 25.7 Å². The maximum absolute atomic E-state index is 12.7. The lowest BCUT2D eigenvalue weighted by molar-refractivity contribution is -0.140. The van der Waals surface area contributed by atoms with Crippen molar-refractivity contribution >= 4 is 35.6 Å². The molecule has 0 bridgehead atoms. The Balaban J connectivity index is 2.30. The van der Waals surface area contributed by atoms with E-state index in [2.05, 4.69) is 10.6 Å². The minimum atomic E-state index is -1.02. The van der Waals surface area contributed by atoms with Crippen LogP contribution in [-0.2, 0) is 43.0 Å². The van der Waals surface area contributed by atoms with Crippen molar-refractivity contribution in [3.05, 3.63) is 0 Å². The Morgan fingerprint density at radius 2 is 0.816 bits per heavy atom. The molecular formula is C30H55N7O12. The minimum absolute atomic E-state index is 0.0266. The number of rotatable bonds is 25. The Hall–Kier alpha value is -3.46. The molecule has 1 rings (SSSR count). The Bertz CT molecular complexity index is 974. The first-order valence-electron chi connectivity index (χ1n) is 16.5. The van der Waals surface area contributed by atoms with E-state index in [1.54, 1.807) is 14.7 Å². The summed E-state index contributed by atoms with van der Waals surface area (Å²) in [6.07, 6.45) is 1.32. The van der Waals surface area contributed by atoms with Gasteiger partial charge in [-0.15, -0.1) is 0 Å². The lowest BCUT2D eigenvalue weighted by Crippen LogP contribution is -2.49. The maximum Gasteiger partial charge on any atom is 0.317 e. The molecule has 1 aliphatic heterocycles. The van der Waals surface area contributed by atoms with Gasteiger partial charge in [-0.1, -0.05) is 0 Å². The van der Waals surface area contributed by atoms with Crippen molar-refractivity contribution in [2.24, 2.45) is 5.73 Å². The first kappa shape index (κ1) is 43.6. The highest BCUT2D eigenvalue weighted by molar-refractivity contribution is 5.82. The number of nitrogens with one attached hydrogen (secondary N) is 2. The van der Waals surface area contributed by atoms with E-state index in [1.807, 2.05) is 4.90 Å². The fraction of sp³-hybridized carbons (Fsp3) is 0.800. The zero-order chi connectivity index (χ0) is 36.3. The van der Waals surface area contributed by atoms with Gasteiger partial charge in [0.2, 0.25) is 17.7 Å². The van der Waals surface area contributed by atoms with Crippen LogP contribution in [0.5, 0.6) is 0 Å². The van der Waals surface area contributed by atoms with E-state index in [-0.39, 0.29) is 50.8 Å². The first-order chi connectivity index (χ1) is 23.4. The molecule has 282 valence electrons. The van der Waals surface area contributed by atoms with Crippen molar-refractivity contribution in [1.82, 2.24) is 30.2 Å². The summed E-state index contributed by atoms with van der Waals surface area (Å²) in [5.41, 5.74) is 5.00. The Morgan fingerprint density at radius 3 is 1.16 bits per heavy atom. The molecule has 1 aliphatic rings. The fourth-order valence-corrected chi connectivity index (χ4v) is 4.71. The molecule has 0 aliphatic carbocycles. The van der Waals surface area contributed by atoms with Crippen LogP contribution < -0.4 is 16.4 Å². The lowest BCUT2D eigenvalue weighted by Gasteiger charge is -2.32. The van der Waals surface area contributed by atoms with Crippen molar-refractivity contribution in [2.75, 3.05) is 131 Å². The van der Waals surface area contributed by atoms with Crippen LogP contribution in [0.4, 0.5) is 0 Å². The molecular weight excluding hydrogens is 650 g/mol. The molecule has 19 heteroatoms. The molecule has 0 atom stereocenters. The molecule has 0 aromatic carbocycles. The summed E-state index contributed by atoms with van der Waals surface area (Å²) in [7, 11) is 0. The van der Waals surface area contributed by atoms with Gasteiger partial charge in [-0.25, -0.2) is 0 Å². The predicted octanol–water partition coefficient (Wildman–Crippen LogP) is -3.21. The number of carboxylic acid groups (broad SMARTS) is 3. The lowest BCUT2D eigenvalue weighted by atomic mass is 10.3. The van der Waals surface area contributed by atoms with Crippen LogP contribution in [0.2, 0.25) is 0 Å². The molecule has 19 nitrogen and oxygen atoms in total. The highest BCUT2D eigenvalue weighted by atomic mass is 16.5. The van der Waals surface area contributed by atoms with Gasteiger partial charge in [0.1, 0.15) is 0 Å². The highest BCUT2D eigenvalue weighted by Crippen LogP contribution is 2.02. The highest BCUT2D eigenvalue weighted by Gasteiger charge is 2.21. The number of amides is 3. The van der Waals surface area contributed by atoms with Crippen LogP contribution in [0.1, 0.15) is 25.7 Å². The number of hydrogen-bond acceptors (Lipinski definition) is 13. The Kier molecular flexibility index (Phi) is 24.3. The Morgan fingerprint density at radius 1 is 0.490 bits per heavy atom. The number of aliphatic carboxylic acids is 3. The van der Waals surface area contributed by atoms with Crippen molar-refractivity contribution < 1.29 is 58.3 Å². The second kappa shape index (κ2) is 27.4. The van der Waals surface area contributed by atoms with Crippen LogP contribution in [0.15, 0.2) is 0 Å². The number of nitrogens with zero attached hydrogens (tertiary/aromatic N) is 4. The van der Waals surface area contributed by atoms with E-state index >= 15 is 0 Å². The molecule has 0 unspecified atom stereocenters. The summed E-state index contributed by atoms with van der Waals surface area (Å²) in [5, 5.41) is 33.5. The van der Waals surface area contributed by atoms with Gasteiger partial charge in [0, 0.05) is 91.5 Å². The summed E-state index contributed by atoms with van der Waals surface area (Å²) >= 11 is 0. The van der Waals surface area contributed by atoms with Gasteiger partial charge in [0.15, 0.2) is 0 Å². The molecule has 49 heavy (non-hydrogen) atoms. The second-order valence-corrected chi connectivity index (χ2v) is 11.5.